The number of benzene rings is 2. The first-order valence-corrected chi connectivity index (χ1v) is 10.9. The summed E-state index contributed by atoms with van der Waals surface area (Å²) in [4.78, 5) is 24.0. The predicted molar refractivity (Wildman–Crippen MR) is 123 cm³/mol. The van der Waals surface area contributed by atoms with Gasteiger partial charge in [-0.05, 0) is 83.6 Å². The molecule has 0 saturated heterocycles. The van der Waals surface area contributed by atoms with Crippen molar-refractivity contribution in [1.29, 1.82) is 0 Å². The molecule has 0 atom stereocenters. The summed E-state index contributed by atoms with van der Waals surface area (Å²) in [6, 6.07) is 12.8. The highest BCUT2D eigenvalue weighted by Crippen LogP contribution is 2.31. The zero-order valence-electron chi connectivity index (χ0n) is 18.3. The Hall–Kier alpha value is -2.34. The van der Waals surface area contributed by atoms with E-state index in [2.05, 4.69) is 54.2 Å². The maximum atomic E-state index is 12.1. The fraction of sp³-hybridized carbons (Fsp3) is 0.417. The number of hydrogen-bond acceptors (Lipinski definition) is 4. The summed E-state index contributed by atoms with van der Waals surface area (Å²) >= 11 is 3.56. The number of rotatable bonds is 8. The van der Waals surface area contributed by atoms with Crippen LogP contribution in [0.4, 0.5) is 5.69 Å². The Balaban J connectivity index is 1.77. The van der Waals surface area contributed by atoms with E-state index >= 15 is 0 Å². The molecule has 5 nitrogen and oxygen atoms in total. The van der Waals surface area contributed by atoms with Gasteiger partial charge in [-0.2, -0.15) is 0 Å². The lowest BCUT2D eigenvalue weighted by molar-refractivity contribution is -0.116. The highest BCUT2D eigenvalue weighted by Gasteiger charge is 2.15. The van der Waals surface area contributed by atoms with Crippen LogP contribution in [0.15, 0.2) is 46.9 Å². The van der Waals surface area contributed by atoms with Crippen LogP contribution in [0.3, 0.4) is 0 Å². The maximum absolute atomic E-state index is 12.1. The first-order valence-electron chi connectivity index (χ1n) is 10.1. The van der Waals surface area contributed by atoms with E-state index in [9.17, 15) is 9.59 Å². The number of hydrogen-bond donors (Lipinski definition) is 1. The van der Waals surface area contributed by atoms with Crippen LogP contribution in [0.5, 0.6) is 5.75 Å². The van der Waals surface area contributed by atoms with Gasteiger partial charge in [0.1, 0.15) is 5.75 Å². The molecule has 2 rings (SSSR count). The van der Waals surface area contributed by atoms with Crippen LogP contribution < -0.4 is 10.1 Å². The number of amides is 1. The minimum atomic E-state index is -0.373. The maximum Gasteiger partial charge on any atom is 0.338 e. The van der Waals surface area contributed by atoms with Crippen LogP contribution in [-0.2, 0) is 14.9 Å². The van der Waals surface area contributed by atoms with E-state index in [0.29, 0.717) is 30.7 Å². The zero-order valence-corrected chi connectivity index (χ0v) is 19.8. The Labute approximate surface area is 187 Å². The molecule has 0 aliphatic carbocycles. The molecule has 0 fully saturated rings. The van der Waals surface area contributed by atoms with Crippen molar-refractivity contribution in [3.05, 3.63) is 58.1 Å². The summed E-state index contributed by atoms with van der Waals surface area (Å²) < 4.78 is 11.9. The quantitative estimate of drug-likeness (QED) is 0.369. The molecule has 6 heteroatoms. The number of carbonyl (C=O) groups is 2. The molecule has 1 amide bonds. The molecule has 2 aromatic rings. The lowest BCUT2D eigenvalue weighted by atomic mass is 9.87. The van der Waals surface area contributed by atoms with Gasteiger partial charge in [0.05, 0.1) is 22.7 Å². The van der Waals surface area contributed by atoms with E-state index in [1.807, 2.05) is 6.07 Å². The largest absolute Gasteiger partial charge is 0.492 e. The summed E-state index contributed by atoms with van der Waals surface area (Å²) in [6.07, 6.45) is 0.767. The van der Waals surface area contributed by atoms with Crippen LogP contribution in [0.25, 0.3) is 0 Å². The van der Waals surface area contributed by atoms with Crippen molar-refractivity contribution < 1.29 is 19.1 Å². The van der Waals surface area contributed by atoms with Gasteiger partial charge >= 0.3 is 5.97 Å². The first kappa shape index (κ1) is 23.9. The lowest BCUT2D eigenvalue weighted by Gasteiger charge is -2.20. The van der Waals surface area contributed by atoms with Crippen LogP contribution in [0, 0.1) is 0 Å². The van der Waals surface area contributed by atoms with E-state index < -0.39 is 0 Å². The van der Waals surface area contributed by atoms with Gasteiger partial charge in [0, 0.05) is 12.1 Å². The van der Waals surface area contributed by atoms with Crippen molar-refractivity contribution in [2.24, 2.45) is 0 Å². The molecule has 2 aromatic carbocycles. The molecule has 30 heavy (non-hydrogen) atoms. The summed E-state index contributed by atoms with van der Waals surface area (Å²) in [5.41, 5.74) is 2.40. The molecule has 0 radical (unpaired) electrons. The number of anilines is 1. The Morgan fingerprint density at radius 2 is 1.73 bits per heavy atom. The highest BCUT2D eigenvalue weighted by atomic mass is 79.9. The van der Waals surface area contributed by atoms with Crippen molar-refractivity contribution in [2.45, 2.75) is 59.0 Å². The predicted octanol–water partition coefficient (Wildman–Crippen LogP) is 6.11. The Morgan fingerprint density at radius 3 is 2.30 bits per heavy atom. The molecule has 0 aliphatic heterocycles. The fourth-order valence-corrected chi connectivity index (χ4v) is 3.19. The average molecular weight is 476 g/mol. The SMILES string of the molecule is CC(C)OC(=O)c1ccc(NC(=O)CCCOc2ccc(C(C)(C)C)cc2Br)cc1. The molecule has 0 unspecified atom stereocenters. The van der Waals surface area contributed by atoms with Crippen molar-refractivity contribution in [1.82, 2.24) is 0 Å². The van der Waals surface area contributed by atoms with Crippen LogP contribution in [0.2, 0.25) is 0 Å². The van der Waals surface area contributed by atoms with E-state index in [1.54, 1.807) is 38.1 Å². The molecule has 0 spiro atoms. The van der Waals surface area contributed by atoms with E-state index in [0.717, 1.165) is 10.2 Å². The topological polar surface area (TPSA) is 64.6 Å². The van der Waals surface area contributed by atoms with Gasteiger partial charge in [0.25, 0.3) is 0 Å². The molecule has 0 bridgehead atoms. The Kier molecular flexibility index (Phi) is 8.47. The molecule has 0 aromatic heterocycles. The summed E-state index contributed by atoms with van der Waals surface area (Å²) in [6.45, 7) is 10.5. The van der Waals surface area contributed by atoms with Crippen molar-refractivity contribution in [3.63, 3.8) is 0 Å². The van der Waals surface area contributed by atoms with Gasteiger partial charge < -0.3 is 14.8 Å². The smallest absolute Gasteiger partial charge is 0.338 e. The summed E-state index contributed by atoms with van der Waals surface area (Å²) in [5, 5.41) is 2.83. The second-order valence-electron chi connectivity index (χ2n) is 8.43. The van der Waals surface area contributed by atoms with Crippen molar-refractivity contribution in [3.8, 4) is 5.75 Å². The van der Waals surface area contributed by atoms with E-state index in [-0.39, 0.29) is 23.4 Å². The highest BCUT2D eigenvalue weighted by molar-refractivity contribution is 9.10. The van der Waals surface area contributed by atoms with Gasteiger partial charge in [-0.1, -0.05) is 26.8 Å². The molecule has 0 heterocycles. The minimum Gasteiger partial charge on any atom is -0.492 e. The van der Waals surface area contributed by atoms with Gasteiger partial charge in [0.15, 0.2) is 0 Å². The standard InChI is InChI=1S/C24H30BrNO4/c1-16(2)30-23(28)17-8-11-19(12-9-17)26-22(27)7-6-14-29-21-13-10-18(15-20(21)25)24(3,4)5/h8-13,15-16H,6-7,14H2,1-5H3,(H,26,27). The van der Waals surface area contributed by atoms with Crippen molar-refractivity contribution >= 4 is 33.5 Å². The molecular weight excluding hydrogens is 446 g/mol. The molecular formula is C24H30BrNO4. The number of carbonyl (C=O) groups excluding carboxylic acids is 2. The third kappa shape index (κ3) is 7.48. The second kappa shape index (κ2) is 10.6. The van der Waals surface area contributed by atoms with E-state index in [1.165, 1.54) is 5.56 Å². The summed E-state index contributed by atoms with van der Waals surface area (Å²) in [7, 11) is 0. The minimum absolute atomic E-state index is 0.0755. The lowest BCUT2D eigenvalue weighted by Crippen LogP contribution is -2.14. The van der Waals surface area contributed by atoms with Crippen LogP contribution in [0.1, 0.15) is 63.4 Å². The van der Waals surface area contributed by atoms with Gasteiger partial charge in [-0.3, -0.25) is 4.79 Å². The molecule has 162 valence electrons. The average Bonchev–Trinajstić information content (AvgIpc) is 2.65. The molecule has 0 saturated carbocycles. The zero-order chi connectivity index (χ0) is 22.3. The van der Waals surface area contributed by atoms with Crippen LogP contribution >= 0.6 is 15.9 Å². The number of esters is 1. The molecule has 1 N–H and O–H groups in total. The normalized spacial score (nSPS) is 11.3. The summed E-state index contributed by atoms with van der Waals surface area (Å²) in [5.74, 6) is 0.298. The Morgan fingerprint density at radius 1 is 1.07 bits per heavy atom. The fourth-order valence-electron chi connectivity index (χ4n) is 2.69. The third-order valence-electron chi connectivity index (χ3n) is 4.35. The molecule has 0 aliphatic rings. The van der Waals surface area contributed by atoms with Crippen molar-refractivity contribution in [2.75, 3.05) is 11.9 Å². The third-order valence-corrected chi connectivity index (χ3v) is 4.97. The van der Waals surface area contributed by atoms with Gasteiger partial charge in [-0.25, -0.2) is 4.79 Å². The number of halogens is 1. The number of ether oxygens (including phenoxy) is 2. The van der Waals surface area contributed by atoms with Gasteiger partial charge in [0.2, 0.25) is 5.91 Å². The van der Waals surface area contributed by atoms with E-state index in [4.69, 9.17) is 9.47 Å². The monoisotopic (exact) mass is 475 g/mol. The van der Waals surface area contributed by atoms with Crippen LogP contribution in [-0.4, -0.2) is 24.6 Å². The number of nitrogens with one attached hydrogen (secondary N) is 1. The Bertz CT molecular complexity index is 870. The first-order chi connectivity index (χ1) is 14.1. The second-order valence-corrected chi connectivity index (χ2v) is 9.28. The van der Waals surface area contributed by atoms with Gasteiger partial charge in [-0.15, -0.1) is 0 Å².